The number of nitrogens with one attached hydrogen (secondary N) is 1. The van der Waals surface area contributed by atoms with Crippen LogP contribution in [0.15, 0.2) is 18.3 Å². The van der Waals surface area contributed by atoms with Crippen LogP contribution >= 0.6 is 24.8 Å². The third-order valence-electron chi connectivity index (χ3n) is 3.77. The second-order valence-electron chi connectivity index (χ2n) is 5.13. The summed E-state index contributed by atoms with van der Waals surface area (Å²) in [7, 11) is 0. The van der Waals surface area contributed by atoms with Gasteiger partial charge in [-0.25, -0.2) is 4.98 Å². The van der Waals surface area contributed by atoms with E-state index in [2.05, 4.69) is 29.0 Å². The second-order valence-corrected chi connectivity index (χ2v) is 5.13. The molecule has 3 N–H and O–H groups in total. The van der Waals surface area contributed by atoms with E-state index in [1.807, 2.05) is 12.1 Å². The molecular weight excluding hydrogens is 339 g/mol. The largest absolute Gasteiger partial charge is 0.364 e. The van der Waals surface area contributed by atoms with Crippen molar-refractivity contribution in [3.8, 4) is 0 Å². The lowest BCUT2D eigenvalue weighted by Crippen LogP contribution is -2.30. The number of anilines is 2. The maximum absolute atomic E-state index is 12.1. The molecule has 1 saturated heterocycles. The van der Waals surface area contributed by atoms with Gasteiger partial charge in [0.2, 0.25) is 0 Å². The number of pyridine rings is 1. The van der Waals surface area contributed by atoms with Gasteiger partial charge in [0.05, 0.1) is 18.0 Å². The van der Waals surface area contributed by atoms with E-state index in [-0.39, 0.29) is 36.8 Å². The first kappa shape index (κ1) is 21.9. The van der Waals surface area contributed by atoms with Gasteiger partial charge in [-0.3, -0.25) is 4.79 Å². The summed E-state index contributed by atoms with van der Waals surface area (Å²) in [5.74, 6) is 0.793. The number of ether oxygens (including phenoxy) is 1. The molecule has 1 amide bonds. The van der Waals surface area contributed by atoms with Crippen molar-refractivity contribution in [1.29, 1.82) is 0 Å². The van der Waals surface area contributed by atoms with Gasteiger partial charge < -0.3 is 20.7 Å². The number of rotatable bonds is 6. The minimum atomic E-state index is -0.402. The zero-order valence-electron chi connectivity index (χ0n) is 13.5. The number of hydrogen-bond donors (Lipinski definition) is 2. The third kappa shape index (κ3) is 5.80. The van der Waals surface area contributed by atoms with Crippen LogP contribution in [0.3, 0.4) is 0 Å². The molecule has 0 aromatic carbocycles. The van der Waals surface area contributed by atoms with E-state index in [9.17, 15) is 4.79 Å². The molecule has 0 radical (unpaired) electrons. The van der Waals surface area contributed by atoms with Crippen LogP contribution < -0.4 is 16.0 Å². The van der Waals surface area contributed by atoms with Crippen molar-refractivity contribution in [2.45, 2.75) is 38.9 Å². The highest BCUT2D eigenvalue weighted by atomic mass is 35.5. The zero-order chi connectivity index (χ0) is 15.2. The van der Waals surface area contributed by atoms with E-state index in [0.717, 1.165) is 31.7 Å². The minimum Gasteiger partial charge on any atom is -0.364 e. The van der Waals surface area contributed by atoms with Crippen molar-refractivity contribution in [3.05, 3.63) is 18.3 Å². The van der Waals surface area contributed by atoms with Gasteiger partial charge in [-0.05, 0) is 38.8 Å². The van der Waals surface area contributed by atoms with Crippen LogP contribution in [-0.2, 0) is 9.53 Å². The number of aromatic nitrogens is 1. The average molecular weight is 365 g/mol. The number of halogens is 2. The lowest BCUT2D eigenvalue weighted by atomic mass is 10.2. The molecule has 1 fully saturated rings. The summed E-state index contributed by atoms with van der Waals surface area (Å²) in [6.07, 6.45) is 2.85. The normalized spacial score (nSPS) is 19.4. The Morgan fingerprint density at radius 2 is 2.04 bits per heavy atom. The predicted molar refractivity (Wildman–Crippen MR) is 97.9 cm³/mol. The summed E-state index contributed by atoms with van der Waals surface area (Å²) in [4.78, 5) is 18.6. The maximum atomic E-state index is 12.1. The number of nitrogens with zero attached hydrogens (tertiary/aromatic N) is 2. The maximum Gasteiger partial charge on any atom is 0.253 e. The Hall–Kier alpha value is -1.08. The van der Waals surface area contributed by atoms with E-state index < -0.39 is 6.10 Å². The number of carbonyl (C=O) groups is 1. The van der Waals surface area contributed by atoms with Crippen molar-refractivity contribution < 1.29 is 9.53 Å². The molecule has 0 spiro atoms. The average Bonchev–Trinajstić information content (AvgIpc) is 2.99. The monoisotopic (exact) mass is 364 g/mol. The van der Waals surface area contributed by atoms with Gasteiger partial charge in [0.25, 0.3) is 5.91 Å². The molecule has 2 rings (SSSR count). The Morgan fingerprint density at radius 1 is 1.35 bits per heavy atom. The fraction of sp³-hybridized carbons (Fsp3) is 0.600. The van der Waals surface area contributed by atoms with Gasteiger partial charge in [0.15, 0.2) is 0 Å². The predicted octanol–water partition coefficient (Wildman–Crippen LogP) is 2.22. The van der Waals surface area contributed by atoms with Crippen molar-refractivity contribution in [2.75, 3.05) is 29.9 Å². The lowest BCUT2D eigenvalue weighted by molar-refractivity contribution is -0.126. The van der Waals surface area contributed by atoms with Gasteiger partial charge in [0, 0.05) is 19.6 Å². The molecule has 6 nitrogen and oxygen atoms in total. The molecule has 1 aliphatic rings. The van der Waals surface area contributed by atoms with Gasteiger partial charge >= 0.3 is 0 Å². The summed E-state index contributed by atoms with van der Waals surface area (Å²) >= 11 is 0. The molecule has 2 heterocycles. The first-order valence-electron chi connectivity index (χ1n) is 7.55. The van der Waals surface area contributed by atoms with Crippen molar-refractivity contribution in [3.63, 3.8) is 0 Å². The van der Waals surface area contributed by atoms with E-state index in [1.54, 1.807) is 6.20 Å². The molecule has 23 heavy (non-hydrogen) atoms. The molecule has 1 aliphatic heterocycles. The highest BCUT2D eigenvalue weighted by molar-refractivity contribution is 5.94. The Kier molecular flexibility index (Phi) is 10.1. The second kappa shape index (κ2) is 10.6. The topological polar surface area (TPSA) is 80.5 Å². The molecule has 0 saturated carbocycles. The van der Waals surface area contributed by atoms with Gasteiger partial charge in [-0.15, -0.1) is 24.8 Å². The first-order chi connectivity index (χ1) is 10.2. The third-order valence-corrected chi connectivity index (χ3v) is 3.77. The van der Waals surface area contributed by atoms with Crippen LogP contribution in [0, 0.1) is 0 Å². The molecule has 0 bridgehead atoms. The van der Waals surface area contributed by atoms with E-state index >= 15 is 0 Å². The highest BCUT2D eigenvalue weighted by Gasteiger charge is 2.29. The summed E-state index contributed by atoms with van der Waals surface area (Å²) in [5, 5.41) is 2.84. The molecule has 2 atom stereocenters. The zero-order valence-corrected chi connectivity index (χ0v) is 15.2. The van der Waals surface area contributed by atoms with E-state index in [1.165, 1.54) is 0 Å². The number of amides is 1. The summed E-state index contributed by atoms with van der Waals surface area (Å²) in [5.41, 5.74) is 6.24. The Balaban J connectivity index is 0.00000242. The summed E-state index contributed by atoms with van der Waals surface area (Å²) < 4.78 is 5.58. The fourth-order valence-electron chi connectivity index (χ4n) is 2.49. The number of hydrogen-bond acceptors (Lipinski definition) is 5. The molecular formula is C15H26Cl2N4O2. The molecule has 1 aromatic rings. The number of carbonyl (C=O) groups excluding carboxylic acids is 1. The molecule has 1 aromatic heterocycles. The van der Waals surface area contributed by atoms with Crippen molar-refractivity contribution in [1.82, 2.24) is 4.98 Å². The standard InChI is InChI=1S/C15H24N4O2.2ClH/c1-3-19(4-2)14-8-5-11(10-17-14)18-15(20)13-7-6-12(9-16)21-13;;/h5,8,10,12-13H,3-4,6-7,9,16H2,1-2H3,(H,18,20);2*1H/t12-,13+;;/m1../s1. The van der Waals surface area contributed by atoms with E-state index in [4.69, 9.17) is 10.5 Å². The van der Waals surface area contributed by atoms with Crippen LogP contribution in [0.5, 0.6) is 0 Å². The van der Waals surface area contributed by atoms with Crippen LogP contribution in [-0.4, -0.2) is 42.7 Å². The Bertz CT molecular complexity index is 469. The fourth-order valence-corrected chi connectivity index (χ4v) is 2.49. The van der Waals surface area contributed by atoms with Gasteiger partial charge in [-0.1, -0.05) is 0 Å². The molecule has 132 valence electrons. The first-order valence-corrected chi connectivity index (χ1v) is 7.55. The van der Waals surface area contributed by atoms with Crippen LogP contribution in [0.1, 0.15) is 26.7 Å². The molecule has 8 heteroatoms. The quantitative estimate of drug-likeness (QED) is 0.808. The SMILES string of the molecule is CCN(CC)c1ccc(NC(=O)[C@@H]2CC[C@H](CN)O2)cn1.Cl.Cl. The van der Waals surface area contributed by atoms with Gasteiger partial charge in [-0.2, -0.15) is 0 Å². The molecule has 0 unspecified atom stereocenters. The van der Waals surface area contributed by atoms with Crippen LogP contribution in [0.25, 0.3) is 0 Å². The van der Waals surface area contributed by atoms with Crippen LogP contribution in [0.4, 0.5) is 11.5 Å². The minimum absolute atomic E-state index is 0. The Morgan fingerprint density at radius 3 is 2.52 bits per heavy atom. The highest BCUT2D eigenvalue weighted by Crippen LogP contribution is 2.21. The molecule has 0 aliphatic carbocycles. The van der Waals surface area contributed by atoms with E-state index in [0.29, 0.717) is 12.2 Å². The summed E-state index contributed by atoms with van der Waals surface area (Å²) in [6.45, 7) is 6.46. The lowest BCUT2D eigenvalue weighted by Gasteiger charge is -2.20. The Labute approximate surface area is 150 Å². The summed E-state index contributed by atoms with van der Waals surface area (Å²) in [6, 6.07) is 3.79. The van der Waals surface area contributed by atoms with Crippen molar-refractivity contribution >= 4 is 42.2 Å². The smallest absolute Gasteiger partial charge is 0.253 e. The van der Waals surface area contributed by atoms with Crippen molar-refractivity contribution in [2.24, 2.45) is 5.73 Å². The van der Waals surface area contributed by atoms with Gasteiger partial charge in [0.1, 0.15) is 11.9 Å². The number of nitrogens with two attached hydrogens (primary N) is 1. The van der Waals surface area contributed by atoms with Crippen LogP contribution in [0.2, 0.25) is 0 Å².